The second-order valence-electron chi connectivity index (χ2n) is 7.92. The van der Waals surface area contributed by atoms with Crippen molar-refractivity contribution in [1.29, 1.82) is 0 Å². The molecule has 0 aromatic rings. The molecule has 6 nitrogen and oxygen atoms in total. The van der Waals surface area contributed by atoms with Gasteiger partial charge in [0.1, 0.15) is 12.2 Å². The maximum absolute atomic E-state index is 12.6. The number of hydrogen-bond donors (Lipinski definition) is 0. The van der Waals surface area contributed by atoms with Crippen LogP contribution in [-0.2, 0) is 28.5 Å². The molecule has 6 aliphatic rings. The topological polar surface area (TPSA) is 74.4 Å². The van der Waals surface area contributed by atoms with Crippen molar-refractivity contribution in [3.63, 3.8) is 0 Å². The van der Waals surface area contributed by atoms with Gasteiger partial charge in [0.2, 0.25) is 5.60 Å². The summed E-state index contributed by atoms with van der Waals surface area (Å²) in [4.78, 5) is 25.1. The third kappa shape index (κ3) is 0.834. The lowest BCUT2D eigenvalue weighted by atomic mass is 9.54. The zero-order chi connectivity index (χ0) is 15.3. The summed E-state index contributed by atoms with van der Waals surface area (Å²) in [5.74, 6) is -0.926. The summed E-state index contributed by atoms with van der Waals surface area (Å²) < 4.78 is 23.8. The van der Waals surface area contributed by atoms with Crippen molar-refractivity contribution in [2.45, 2.75) is 55.4 Å². The van der Waals surface area contributed by atoms with E-state index in [-0.39, 0.29) is 29.9 Å². The van der Waals surface area contributed by atoms with E-state index in [2.05, 4.69) is 15.9 Å². The van der Waals surface area contributed by atoms with Crippen molar-refractivity contribution in [1.82, 2.24) is 0 Å². The number of carbonyl (C=O) groups is 2. The van der Waals surface area contributed by atoms with Crippen LogP contribution in [-0.4, -0.2) is 52.4 Å². The number of fused-ring (bicyclic) bond motifs is 1. The summed E-state index contributed by atoms with van der Waals surface area (Å²) in [6, 6.07) is 0. The fourth-order valence-corrected chi connectivity index (χ4v) is 6.99. The molecule has 0 N–H and O–H groups in total. The lowest BCUT2D eigenvalue weighted by Gasteiger charge is -2.47. The standard InChI is InChI=1S/C15H15BrO6/c1-12(4-16)6-7-10(17)19-8(6)9-13(2)14(7,22-12)3-5-15(13,21-5)11(18)20-9/h5-9H,3-4H2,1-2H3. The SMILES string of the molecule is CC1(CBr)OC23CC4OC45C(=O)OC(C4OC(=O)C2C41)C35C. The van der Waals surface area contributed by atoms with Crippen molar-refractivity contribution in [2.24, 2.45) is 17.3 Å². The minimum Gasteiger partial charge on any atom is -0.458 e. The van der Waals surface area contributed by atoms with Gasteiger partial charge >= 0.3 is 11.9 Å². The van der Waals surface area contributed by atoms with E-state index < -0.39 is 34.4 Å². The van der Waals surface area contributed by atoms with Gasteiger partial charge in [-0.1, -0.05) is 15.9 Å². The molecule has 0 radical (unpaired) electrons. The highest BCUT2D eigenvalue weighted by atomic mass is 79.9. The summed E-state index contributed by atoms with van der Waals surface area (Å²) >= 11 is 3.54. The predicted octanol–water partition coefficient (Wildman–Crippen LogP) is 0.553. The second-order valence-corrected chi connectivity index (χ2v) is 8.48. The molecule has 4 heterocycles. The number of halogens is 1. The molecule has 0 aromatic carbocycles. The molecule has 6 fully saturated rings. The average Bonchev–Trinajstić information content (AvgIpc) is 2.82. The van der Waals surface area contributed by atoms with Gasteiger partial charge in [0.05, 0.1) is 22.5 Å². The van der Waals surface area contributed by atoms with E-state index in [1.807, 2.05) is 13.8 Å². The Bertz CT molecular complexity index is 681. The molecule has 118 valence electrons. The molecule has 7 heteroatoms. The summed E-state index contributed by atoms with van der Waals surface area (Å²) in [6.07, 6.45) is -0.533. The van der Waals surface area contributed by atoms with E-state index in [0.29, 0.717) is 11.8 Å². The lowest BCUT2D eigenvalue weighted by Crippen LogP contribution is -2.63. The Labute approximate surface area is 134 Å². The number of carbonyl (C=O) groups excluding carboxylic acids is 2. The van der Waals surface area contributed by atoms with Crippen LogP contribution in [0.3, 0.4) is 0 Å². The minimum absolute atomic E-state index is 0.0853. The molecule has 4 aliphatic heterocycles. The van der Waals surface area contributed by atoms with Gasteiger partial charge in [0.15, 0.2) is 6.10 Å². The van der Waals surface area contributed by atoms with E-state index in [1.54, 1.807) is 0 Å². The first-order chi connectivity index (χ1) is 10.4. The average molecular weight is 371 g/mol. The van der Waals surface area contributed by atoms with E-state index in [1.165, 1.54) is 0 Å². The van der Waals surface area contributed by atoms with Crippen LogP contribution < -0.4 is 0 Å². The molecule has 22 heavy (non-hydrogen) atoms. The van der Waals surface area contributed by atoms with E-state index >= 15 is 0 Å². The fraction of sp³-hybridized carbons (Fsp3) is 0.867. The maximum atomic E-state index is 12.6. The predicted molar refractivity (Wildman–Crippen MR) is 73.1 cm³/mol. The number of epoxide rings is 1. The van der Waals surface area contributed by atoms with Crippen molar-refractivity contribution in [3.05, 3.63) is 0 Å². The summed E-state index contributed by atoms with van der Waals surface area (Å²) in [5.41, 5.74) is -2.80. The molecule has 0 amide bonds. The first-order valence-corrected chi connectivity index (χ1v) is 8.83. The molecule has 2 spiro atoms. The third-order valence-electron chi connectivity index (χ3n) is 7.38. The Morgan fingerprint density at radius 3 is 2.77 bits per heavy atom. The van der Waals surface area contributed by atoms with Crippen LogP contribution in [0.15, 0.2) is 0 Å². The largest absolute Gasteiger partial charge is 0.458 e. The van der Waals surface area contributed by atoms with E-state index in [4.69, 9.17) is 18.9 Å². The molecule has 9 unspecified atom stereocenters. The first-order valence-electron chi connectivity index (χ1n) is 7.71. The summed E-state index contributed by atoms with van der Waals surface area (Å²) in [6.45, 7) is 4.01. The molecular formula is C15H15BrO6. The summed E-state index contributed by atoms with van der Waals surface area (Å²) in [7, 11) is 0. The van der Waals surface area contributed by atoms with Gasteiger partial charge in [-0.3, -0.25) is 4.79 Å². The Hall–Kier alpha value is -0.660. The Morgan fingerprint density at radius 2 is 2.05 bits per heavy atom. The van der Waals surface area contributed by atoms with E-state index in [9.17, 15) is 9.59 Å². The number of alkyl halides is 1. The van der Waals surface area contributed by atoms with Gasteiger partial charge in [0, 0.05) is 17.7 Å². The van der Waals surface area contributed by atoms with Crippen LogP contribution in [0.5, 0.6) is 0 Å². The van der Waals surface area contributed by atoms with Gasteiger partial charge < -0.3 is 18.9 Å². The van der Waals surface area contributed by atoms with Gasteiger partial charge in [-0.05, 0) is 13.8 Å². The molecule has 0 aromatic heterocycles. The van der Waals surface area contributed by atoms with Crippen LogP contribution in [0, 0.1) is 17.3 Å². The highest BCUT2D eigenvalue weighted by Gasteiger charge is 2.98. The monoisotopic (exact) mass is 370 g/mol. The Morgan fingerprint density at radius 1 is 1.27 bits per heavy atom. The first kappa shape index (κ1) is 12.7. The maximum Gasteiger partial charge on any atom is 0.342 e. The van der Waals surface area contributed by atoms with Gasteiger partial charge in [0.25, 0.3) is 0 Å². The lowest BCUT2D eigenvalue weighted by molar-refractivity contribution is -0.185. The number of rotatable bonds is 1. The zero-order valence-corrected chi connectivity index (χ0v) is 13.7. The smallest absolute Gasteiger partial charge is 0.342 e. The number of esters is 2. The van der Waals surface area contributed by atoms with Crippen molar-refractivity contribution < 1.29 is 28.5 Å². The number of ether oxygens (including phenoxy) is 4. The van der Waals surface area contributed by atoms with Crippen LogP contribution >= 0.6 is 15.9 Å². The van der Waals surface area contributed by atoms with Crippen LogP contribution in [0.25, 0.3) is 0 Å². The highest BCUT2D eigenvalue weighted by Crippen LogP contribution is 2.81. The summed E-state index contributed by atoms with van der Waals surface area (Å²) in [5, 5.41) is 0.616. The van der Waals surface area contributed by atoms with Gasteiger partial charge in [-0.25, -0.2) is 4.79 Å². The highest BCUT2D eigenvalue weighted by molar-refractivity contribution is 9.09. The molecule has 2 aliphatic carbocycles. The molecule has 6 rings (SSSR count). The molecule has 4 saturated heterocycles. The van der Waals surface area contributed by atoms with Crippen LogP contribution in [0.4, 0.5) is 0 Å². The molecule has 2 saturated carbocycles. The molecule has 9 atom stereocenters. The Kier molecular flexibility index (Phi) is 1.74. The minimum atomic E-state index is -0.926. The molecule has 4 bridgehead atoms. The van der Waals surface area contributed by atoms with Crippen molar-refractivity contribution >= 4 is 27.9 Å². The third-order valence-corrected chi connectivity index (χ3v) is 8.49. The van der Waals surface area contributed by atoms with E-state index in [0.717, 1.165) is 0 Å². The van der Waals surface area contributed by atoms with Crippen LogP contribution in [0.2, 0.25) is 0 Å². The molecular weight excluding hydrogens is 356 g/mol. The quantitative estimate of drug-likeness (QED) is 0.381. The fourth-order valence-electron chi connectivity index (χ4n) is 6.50. The Balaban J connectivity index is 1.67. The van der Waals surface area contributed by atoms with Crippen molar-refractivity contribution in [3.8, 4) is 0 Å². The van der Waals surface area contributed by atoms with Crippen LogP contribution in [0.1, 0.15) is 20.3 Å². The number of hydrogen-bond acceptors (Lipinski definition) is 6. The van der Waals surface area contributed by atoms with Crippen molar-refractivity contribution in [2.75, 3.05) is 5.33 Å². The van der Waals surface area contributed by atoms with Gasteiger partial charge in [-0.2, -0.15) is 0 Å². The van der Waals surface area contributed by atoms with Gasteiger partial charge in [-0.15, -0.1) is 0 Å². The normalized spacial score (nSPS) is 68.6. The zero-order valence-electron chi connectivity index (χ0n) is 12.1. The second kappa shape index (κ2) is 3.00.